The Hall–Kier alpha value is -2.81. The van der Waals surface area contributed by atoms with Crippen molar-refractivity contribution < 1.29 is 18.4 Å². The summed E-state index contributed by atoms with van der Waals surface area (Å²) in [6, 6.07) is 6.67. The molecule has 0 aromatic heterocycles. The molecule has 2 aromatic carbocycles. The van der Waals surface area contributed by atoms with Crippen LogP contribution < -0.4 is 16.4 Å². The van der Waals surface area contributed by atoms with Crippen LogP contribution in [-0.2, 0) is 15.1 Å². The van der Waals surface area contributed by atoms with Gasteiger partial charge in [-0.2, -0.15) is 0 Å². The van der Waals surface area contributed by atoms with Crippen LogP contribution in [0.3, 0.4) is 0 Å². The first kappa shape index (κ1) is 19.0. The fourth-order valence-electron chi connectivity index (χ4n) is 3.04. The predicted molar refractivity (Wildman–Crippen MR) is 100 cm³/mol. The zero-order chi connectivity index (χ0) is 19.8. The Kier molecular flexibility index (Phi) is 4.97. The summed E-state index contributed by atoms with van der Waals surface area (Å²) >= 11 is 3.34. The average Bonchev–Trinajstić information content (AvgIpc) is 3.05. The van der Waals surface area contributed by atoms with E-state index in [0.29, 0.717) is 21.7 Å². The molecule has 0 radical (unpaired) electrons. The predicted octanol–water partition coefficient (Wildman–Crippen LogP) is 2.36. The van der Waals surface area contributed by atoms with Crippen molar-refractivity contribution in [2.45, 2.75) is 18.5 Å². The number of aryl methyl sites for hydroxylation is 1. The molecule has 0 saturated heterocycles. The van der Waals surface area contributed by atoms with E-state index in [-0.39, 0.29) is 5.69 Å². The minimum Gasteiger partial charge on any atom is -0.367 e. The second-order valence-corrected chi connectivity index (χ2v) is 6.99. The molecule has 2 amide bonds. The van der Waals surface area contributed by atoms with Gasteiger partial charge in [0.2, 0.25) is 0 Å². The maximum Gasteiger partial charge on any atom is 0.252 e. The van der Waals surface area contributed by atoms with Crippen molar-refractivity contribution in [1.82, 2.24) is 5.32 Å². The summed E-state index contributed by atoms with van der Waals surface area (Å²) in [7, 11) is 0. The van der Waals surface area contributed by atoms with Gasteiger partial charge in [-0.3, -0.25) is 14.6 Å². The minimum atomic E-state index is -1.64. The average molecular weight is 437 g/mol. The Bertz CT molecular complexity index is 966. The lowest BCUT2D eigenvalue weighted by atomic mass is 9.80. The van der Waals surface area contributed by atoms with Gasteiger partial charge in [0.05, 0.1) is 12.0 Å². The van der Waals surface area contributed by atoms with E-state index < -0.39 is 35.0 Å². The molecule has 140 valence electrons. The number of aliphatic imine (C=N–C) groups is 1. The number of nitrogens with zero attached hydrogens (tertiary/aromatic N) is 1. The molecule has 6 nitrogen and oxygen atoms in total. The molecule has 0 bridgehead atoms. The van der Waals surface area contributed by atoms with Crippen LogP contribution >= 0.6 is 15.9 Å². The number of halogens is 3. The summed E-state index contributed by atoms with van der Waals surface area (Å²) in [5, 5.41) is 5.13. The number of benzene rings is 2. The zero-order valence-corrected chi connectivity index (χ0v) is 15.7. The summed E-state index contributed by atoms with van der Waals surface area (Å²) < 4.78 is 27.6. The molecule has 27 heavy (non-hydrogen) atoms. The van der Waals surface area contributed by atoms with Gasteiger partial charge < -0.3 is 16.4 Å². The first-order chi connectivity index (χ1) is 12.8. The van der Waals surface area contributed by atoms with Crippen LogP contribution in [0, 0.1) is 18.6 Å². The smallest absolute Gasteiger partial charge is 0.252 e. The third-order valence-corrected chi connectivity index (χ3v) is 4.87. The largest absolute Gasteiger partial charge is 0.367 e. The third kappa shape index (κ3) is 3.30. The summed E-state index contributed by atoms with van der Waals surface area (Å²) in [6.45, 7) is 1.76. The molecule has 4 N–H and O–H groups in total. The first-order valence-corrected chi connectivity index (χ1v) is 8.67. The number of carbonyl (C=O) groups excluding carboxylic acids is 2. The number of primary amides is 1. The fourth-order valence-corrected chi connectivity index (χ4v) is 3.40. The van der Waals surface area contributed by atoms with Gasteiger partial charge in [0, 0.05) is 10.5 Å². The molecule has 9 heteroatoms. The molecule has 0 spiro atoms. The van der Waals surface area contributed by atoms with E-state index in [4.69, 9.17) is 5.73 Å². The van der Waals surface area contributed by atoms with Crippen molar-refractivity contribution in [3.8, 4) is 0 Å². The molecule has 1 aliphatic heterocycles. The minimum absolute atomic E-state index is 0.229. The highest BCUT2D eigenvalue weighted by atomic mass is 79.9. The lowest BCUT2D eigenvalue weighted by Crippen LogP contribution is -2.59. The Morgan fingerprint density at radius 2 is 2.00 bits per heavy atom. The van der Waals surface area contributed by atoms with Crippen LogP contribution in [0.15, 0.2) is 45.9 Å². The van der Waals surface area contributed by atoms with Crippen molar-refractivity contribution in [3.05, 3.63) is 63.6 Å². The first-order valence-electron chi connectivity index (χ1n) is 7.87. The van der Waals surface area contributed by atoms with E-state index in [0.717, 1.165) is 12.1 Å². The Morgan fingerprint density at radius 1 is 1.26 bits per heavy atom. The van der Waals surface area contributed by atoms with Crippen LogP contribution in [-0.4, -0.2) is 24.2 Å². The van der Waals surface area contributed by atoms with Crippen LogP contribution in [0.25, 0.3) is 0 Å². The molecule has 0 aliphatic carbocycles. The van der Waals surface area contributed by atoms with E-state index >= 15 is 0 Å². The van der Waals surface area contributed by atoms with Crippen LogP contribution in [0.4, 0.5) is 14.5 Å². The number of amides is 2. The van der Waals surface area contributed by atoms with Crippen molar-refractivity contribution in [1.29, 1.82) is 0 Å². The summed E-state index contributed by atoms with van der Waals surface area (Å²) in [4.78, 5) is 29.3. The maximum absolute atomic E-state index is 13.9. The molecule has 1 aliphatic rings. The highest BCUT2D eigenvalue weighted by Crippen LogP contribution is 2.34. The molecule has 2 aromatic rings. The number of carbonyl (C=O) groups is 2. The zero-order valence-electron chi connectivity index (χ0n) is 14.1. The van der Waals surface area contributed by atoms with E-state index in [2.05, 4.69) is 31.6 Å². The highest BCUT2D eigenvalue weighted by Gasteiger charge is 2.53. The molecular formula is C18H15BrF2N4O2. The van der Waals surface area contributed by atoms with Gasteiger partial charge in [-0.15, -0.1) is 0 Å². The van der Waals surface area contributed by atoms with Crippen molar-refractivity contribution in [2.75, 3.05) is 5.32 Å². The number of rotatable bonds is 4. The van der Waals surface area contributed by atoms with Gasteiger partial charge in [0.1, 0.15) is 11.6 Å². The van der Waals surface area contributed by atoms with E-state index in [1.807, 2.05) is 0 Å². The van der Waals surface area contributed by atoms with E-state index in [1.54, 1.807) is 25.1 Å². The molecular weight excluding hydrogens is 422 g/mol. The van der Waals surface area contributed by atoms with Gasteiger partial charge in [-0.05, 0) is 42.3 Å². The Morgan fingerprint density at radius 3 is 2.67 bits per heavy atom. The number of hydrogen-bond acceptors (Lipinski definition) is 4. The number of hydrogen-bond donors (Lipinski definition) is 3. The SMILES string of the molecule is Cc1ccc(Br)cc1C1(C(N)=O)NC=NC1C(=O)Nc1ccc(F)cc1F. The molecule has 2 atom stereocenters. The highest BCUT2D eigenvalue weighted by molar-refractivity contribution is 9.10. The normalized spacial score (nSPS) is 21.0. The number of nitrogens with two attached hydrogens (primary N) is 1. The topological polar surface area (TPSA) is 96.6 Å². The van der Waals surface area contributed by atoms with Gasteiger partial charge in [0.15, 0.2) is 11.6 Å². The van der Waals surface area contributed by atoms with Gasteiger partial charge in [-0.25, -0.2) is 8.78 Å². The summed E-state index contributed by atoms with van der Waals surface area (Å²) in [5.41, 5.74) is 4.95. The van der Waals surface area contributed by atoms with E-state index in [1.165, 1.54) is 6.34 Å². The molecule has 3 rings (SSSR count). The Labute approximate surface area is 162 Å². The standard InChI is InChI=1S/C18H15BrF2N4O2/c1-9-2-3-10(19)6-12(9)18(17(22)27)15(23-8-24-18)16(26)25-14-5-4-11(20)7-13(14)21/h2-8,15H,1H3,(H2,22,27)(H,23,24)(H,25,26). The Balaban J connectivity index is 2.02. The molecule has 0 fully saturated rings. The van der Waals surface area contributed by atoms with Crippen molar-refractivity contribution in [2.24, 2.45) is 10.7 Å². The second-order valence-electron chi connectivity index (χ2n) is 6.07. The third-order valence-electron chi connectivity index (χ3n) is 4.38. The van der Waals surface area contributed by atoms with Crippen LogP contribution in [0.2, 0.25) is 0 Å². The van der Waals surface area contributed by atoms with Crippen LogP contribution in [0.1, 0.15) is 11.1 Å². The number of nitrogens with one attached hydrogen (secondary N) is 2. The van der Waals surface area contributed by atoms with Crippen molar-refractivity contribution in [3.63, 3.8) is 0 Å². The van der Waals surface area contributed by atoms with Gasteiger partial charge in [-0.1, -0.05) is 22.0 Å². The van der Waals surface area contributed by atoms with Crippen molar-refractivity contribution >= 4 is 39.8 Å². The van der Waals surface area contributed by atoms with Gasteiger partial charge >= 0.3 is 0 Å². The molecule has 1 heterocycles. The van der Waals surface area contributed by atoms with Gasteiger partial charge in [0.25, 0.3) is 11.8 Å². The molecule has 2 unspecified atom stereocenters. The quantitative estimate of drug-likeness (QED) is 0.685. The van der Waals surface area contributed by atoms with E-state index in [9.17, 15) is 18.4 Å². The second kappa shape index (κ2) is 7.07. The molecule has 0 saturated carbocycles. The van der Waals surface area contributed by atoms with Crippen LogP contribution in [0.5, 0.6) is 0 Å². The maximum atomic E-state index is 13.9. The lowest BCUT2D eigenvalue weighted by molar-refractivity contribution is -0.129. The lowest BCUT2D eigenvalue weighted by Gasteiger charge is -2.32. The number of anilines is 1. The summed E-state index contributed by atoms with van der Waals surface area (Å²) in [5.74, 6) is -3.30. The fraction of sp³-hybridized carbons (Fsp3) is 0.167. The monoisotopic (exact) mass is 436 g/mol. The summed E-state index contributed by atoms with van der Waals surface area (Å²) in [6.07, 6.45) is 1.22.